The molecule has 2 aromatic carbocycles. The summed E-state index contributed by atoms with van der Waals surface area (Å²) in [5.41, 5.74) is 2.56. The van der Waals surface area contributed by atoms with E-state index in [1.165, 1.54) is 32.6 Å². The highest BCUT2D eigenvalue weighted by Crippen LogP contribution is 2.27. The first-order valence-corrected chi connectivity index (χ1v) is 10.0. The number of hydrogen-bond acceptors (Lipinski definition) is 5. The maximum absolute atomic E-state index is 11.3. The molecule has 1 amide bonds. The summed E-state index contributed by atoms with van der Waals surface area (Å²) < 4.78 is 0. The van der Waals surface area contributed by atoms with E-state index in [-0.39, 0.29) is 5.91 Å². The van der Waals surface area contributed by atoms with Gasteiger partial charge in [-0.25, -0.2) is 9.97 Å². The molecule has 0 bridgehead atoms. The Bertz CT molecular complexity index is 984. The Labute approximate surface area is 170 Å². The maximum Gasteiger partial charge on any atom is 0.221 e. The van der Waals surface area contributed by atoms with E-state index in [0.29, 0.717) is 17.7 Å². The summed E-state index contributed by atoms with van der Waals surface area (Å²) in [4.78, 5) is 20.8. The maximum atomic E-state index is 11.3. The summed E-state index contributed by atoms with van der Waals surface area (Å²) >= 11 is 0. The number of nitrogens with zero attached hydrogens (tertiary/aromatic N) is 2. The molecule has 1 aromatic heterocycles. The van der Waals surface area contributed by atoms with Gasteiger partial charge in [-0.05, 0) is 31.0 Å². The van der Waals surface area contributed by atoms with Gasteiger partial charge in [0.15, 0.2) is 5.82 Å². The van der Waals surface area contributed by atoms with Gasteiger partial charge in [0.1, 0.15) is 11.6 Å². The van der Waals surface area contributed by atoms with E-state index in [2.05, 4.69) is 16.0 Å². The van der Waals surface area contributed by atoms with Crippen LogP contribution in [0.4, 0.5) is 23.0 Å². The summed E-state index contributed by atoms with van der Waals surface area (Å²) in [6, 6.07) is 20.0. The lowest BCUT2D eigenvalue weighted by Gasteiger charge is -2.15. The molecule has 1 aliphatic rings. The second-order valence-corrected chi connectivity index (χ2v) is 7.34. The fraction of sp³-hybridized carbons (Fsp3) is 0.261. The van der Waals surface area contributed by atoms with Crippen LogP contribution in [-0.2, 0) is 4.79 Å². The average molecular weight is 387 g/mol. The first kappa shape index (κ1) is 18.9. The molecule has 6 heteroatoms. The van der Waals surface area contributed by atoms with Crippen molar-refractivity contribution >= 4 is 28.9 Å². The van der Waals surface area contributed by atoms with Crippen molar-refractivity contribution in [3.8, 4) is 11.4 Å². The molecule has 0 unspecified atom stereocenters. The van der Waals surface area contributed by atoms with Gasteiger partial charge < -0.3 is 16.0 Å². The number of rotatable bonds is 6. The number of carbonyl (C=O) groups excluding carboxylic acids is 1. The van der Waals surface area contributed by atoms with E-state index in [9.17, 15) is 4.79 Å². The Balaban J connectivity index is 1.63. The van der Waals surface area contributed by atoms with Gasteiger partial charge >= 0.3 is 0 Å². The molecule has 148 valence electrons. The second-order valence-electron chi connectivity index (χ2n) is 7.34. The molecule has 0 radical (unpaired) electrons. The van der Waals surface area contributed by atoms with Crippen LogP contribution in [0.3, 0.4) is 0 Å². The van der Waals surface area contributed by atoms with Crippen LogP contribution in [0.2, 0.25) is 0 Å². The van der Waals surface area contributed by atoms with Crippen molar-refractivity contribution in [2.75, 3.05) is 16.0 Å². The summed E-state index contributed by atoms with van der Waals surface area (Å²) in [6.07, 6.45) is 4.86. The smallest absolute Gasteiger partial charge is 0.221 e. The zero-order chi connectivity index (χ0) is 20.1. The lowest BCUT2D eigenvalue weighted by molar-refractivity contribution is -0.114. The number of hydrogen-bond donors (Lipinski definition) is 3. The first-order chi connectivity index (χ1) is 14.2. The Hall–Kier alpha value is -3.41. The Kier molecular flexibility index (Phi) is 5.70. The van der Waals surface area contributed by atoms with E-state index in [0.717, 1.165) is 22.8 Å². The van der Waals surface area contributed by atoms with Gasteiger partial charge in [-0.3, -0.25) is 4.79 Å². The minimum Gasteiger partial charge on any atom is -0.367 e. The molecule has 1 fully saturated rings. The van der Waals surface area contributed by atoms with Gasteiger partial charge in [0, 0.05) is 36.0 Å². The largest absolute Gasteiger partial charge is 0.367 e. The molecule has 1 heterocycles. The SMILES string of the molecule is CC(=O)Nc1cccc(Nc2cc(NC3CCCC3)nc(-c3ccccc3)n2)c1. The molecule has 0 atom stereocenters. The highest BCUT2D eigenvalue weighted by atomic mass is 16.1. The van der Waals surface area contributed by atoms with E-state index < -0.39 is 0 Å². The van der Waals surface area contributed by atoms with Gasteiger partial charge in [-0.1, -0.05) is 49.2 Å². The minimum absolute atomic E-state index is 0.0985. The third kappa shape index (κ3) is 5.10. The molecule has 0 aliphatic heterocycles. The van der Waals surface area contributed by atoms with Crippen molar-refractivity contribution in [2.45, 2.75) is 38.6 Å². The van der Waals surface area contributed by atoms with Gasteiger partial charge in [-0.2, -0.15) is 0 Å². The lowest BCUT2D eigenvalue weighted by Crippen LogP contribution is -2.16. The molecular formula is C23H25N5O. The minimum atomic E-state index is -0.0985. The topological polar surface area (TPSA) is 78.9 Å². The van der Waals surface area contributed by atoms with Crippen LogP contribution >= 0.6 is 0 Å². The van der Waals surface area contributed by atoms with Gasteiger partial charge in [0.05, 0.1) is 0 Å². The van der Waals surface area contributed by atoms with E-state index in [4.69, 9.17) is 9.97 Å². The number of carbonyl (C=O) groups is 1. The van der Waals surface area contributed by atoms with Crippen LogP contribution in [0.5, 0.6) is 0 Å². The van der Waals surface area contributed by atoms with Crippen LogP contribution in [0, 0.1) is 0 Å². The molecule has 1 saturated carbocycles. The van der Waals surface area contributed by atoms with Crippen molar-refractivity contribution in [1.29, 1.82) is 0 Å². The zero-order valence-electron chi connectivity index (χ0n) is 16.5. The van der Waals surface area contributed by atoms with Gasteiger partial charge in [0.25, 0.3) is 0 Å². The van der Waals surface area contributed by atoms with E-state index >= 15 is 0 Å². The van der Waals surface area contributed by atoms with Crippen LogP contribution in [0.1, 0.15) is 32.6 Å². The third-order valence-electron chi connectivity index (χ3n) is 4.92. The first-order valence-electron chi connectivity index (χ1n) is 10.0. The summed E-state index contributed by atoms with van der Waals surface area (Å²) in [7, 11) is 0. The number of benzene rings is 2. The average Bonchev–Trinajstić information content (AvgIpc) is 3.21. The molecule has 3 N–H and O–H groups in total. The predicted molar refractivity (Wildman–Crippen MR) is 117 cm³/mol. The molecular weight excluding hydrogens is 362 g/mol. The van der Waals surface area contributed by atoms with Gasteiger partial charge in [-0.15, -0.1) is 0 Å². The number of amides is 1. The monoisotopic (exact) mass is 387 g/mol. The molecule has 3 aromatic rings. The Morgan fingerprint density at radius 2 is 1.62 bits per heavy atom. The molecule has 4 rings (SSSR count). The van der Waals surface area contributed by atoms with Crippen molar-refractivity contribution in [3.63, 3.8) is 0 Å². The number of anilines is 4. The van der Waals surface area contributed by atoms with Crippen molar-refractivity contribution in [2.24, 2.45) is 0 Å². The fourth-order valence-corrected chi connectivity index (χ4v) is 3.61. The number of aromatic nitrogens is 2. The molecule has 1 aliphatic carbocycles. The summed E-state index contributed by atoms with van der Waals surface area (Å²) in [5, 5.41) is 9.72. The lowest BCUT2D eigenvalue weighted by atomic mass is 10.2. The van der Waals surface area contributed by atoms with Gasteiger partial charge in [0.2, 0.25) is 5.91 Å². The third-order valence-corrected chi connectivity index (χ3v) is 4.92. The predicted octanol–water partition coefficient (Wildman–Crippen LogP) is 5.20. The van der Waals surface area contributed by atoms with E-state index in [1.807, 2.05) is 60.7 Å². The normalized spacial score (nSPS) is 13.8. The Morgan fingerprint density at radius 1 is 0.897 bits per heavy atom. The van der Waals surface area contributed by atoms with Crippen LogP contribution < -0.4 is 16.0 Å². The number of nitrogens with one attached hydrogen (secondary N) is 3. The fourth-order valence-electron chi connectivity index (χ4n) is 3.61. The highest BCUT2D eigenvalue weighted by Gasteiger charge is 2.16. The standard InChI is InChI=1S/C23H25N5O/c1-16(29)24-19-12-7-13-20(14-19)26-22-15-21(25-18-10-5-6-11-18)27-23(28-22)17-8-3-2-4-9-17/h2-4,7-9,12-15,18H,5-6,10-11H2,1H3,(H,24,29)(H2,25,26,27,28). The van der Waals surface area contributed by atoms with Crippen molar-refractivity contribution < 1.29 is 4.79 Å². The highest BCUT2D eigenvalue weighted by molar-refractivity contribution is 5.89. The Morgan fingerprint density at radius 3 is 2.38 bits per heavy atom. The molecule has 0 spiro atoms. The quantitative estimate of drug-likeness (QED) is 0.542. The van der Waals surface area contributed by atoms with Crippen LogP contribution in [-0.4, -0.2) is 21.9 Å². The molecule has 29 heavy (non-hydrogen) atoms. The zero-order valence-corrected chi connectivity index (χ0v) is 16.5. The molecule has 0 saturated heterocycles. The van der Waals surface area contributed by atoms with Crippen LogP contribution in [0.25, 0.3) is 11.4 Å². The second kappa shape index (κ2) is 8.73. The molecule has 6 nitrogen and oxygen atoms in total. The van der Waals surface area contributed by atoms with Crippen molar-refractivity contribution in [3.05, 3.63) is 60.7 Å². The summed E-state index contributed by atoms with van der Waals surface area (Å²) in [6.45, 7) is 1.50. The summed E-state index contributed by atoms with van der Waals surface area (Å²) in [5.74, 6) is 2.11. The van der Waals surface area contributed by atoms with Crippen LogP contribution in [0.15, 0.2) is 60.7 Å². The van der Waals surface area contributed by atoms with Crippen molar-refractivity contribution in [1.82, 2.24) is 9.97 Å². The van der Waals surface area contributed by atoms with E-state index in [1.54, 1.807) is 0 Å².